The van der Waals surface area contributed by atoms with Crippen molar-refractivity contribution in [3.63, 3.8) is 0 Å². The number of carbonyl (C=O) groups is 1. The molecule has 0 N–H and O–H groups in total. The van der Waals surface area contributed by atoms with Crippen LogP contribution in [0.15, 0.2) is 34.9 Å². The molecular weight excluding hydrogens is 396 g/mol. The summed E-state index contributed by atoms with van der Waals surface area (Å²) in [5, 5.41) is 0. The average Bonchev–Trinajstić information content (AvgIpc) is 3.28. The first-order chi connectivity index (χ1) is 15.2. The Morgan fingerprint density at radius 1 is 1.03 bits per heavy atom. The zero-order chi connectivity index (χ0) is 21.5. The monoisotopic (exact) mass is 428 g/mol. The summed E-state index contributed by atoms with van der Waals surface area (Å²) in [5.41, 5.74) is 2.94. The number of hydrogen-bond acceptors (Lipinski definition) is 7. The summed E-state index contributed by atoms with van der Waals surface area (Å²) in [6, 6.07) is 8.45. The molecule has 168 valence electrons. The van der Waals surface area contributed by atoms with Crippen LogP contribution in [0.4, 0.5) is 0 Å². The smallest absolute Gasteiger partial charge is 0.275 e. The predicted octanol–water partition coefficient (Wildman–Crippen LogP) is 1.79. The first-order valence-electron chi connectivity index (χ1n) is 11.1. The van der Waals surface area contributed by atoms with Gasteiger partial charge in [0.2, 0.25) is 5.89 Å². The van der Waals surface area contributed by atoms with Gasteiger partial charge in [0.15, 0.2) is 5.69 Å². The van der Waals surface area contributed by atoms with Crippen LogP contribution in [-0.2, 0) is 22.6 Å². The van der Waals surface area contributed by atoms with E-state index in [0.29, 0.717) is 44.4 Å². The number of morpholine rings is 2. The summed E-state index contributed by atoms with van der Waals surface area (Å²) < 4.78 is 16.5. The van der Waals surface area contributed by atoms with Gasteiger partial charge in [0.25, 0.3) is 5.91 Å². The van der Waals surface area contributed by atoms with Crippen LogP contribution in [0.25, 0.3) is 0 Å². The molecule has 0 bridgehead atoms. The highest BCUT2D eigenvalue weighted by Crippen LogP contribution is 2.15. The number of carbonyl (C=O) groups excluding carboxylic acids is 1. The minimum atomic E-state index is -0.0860. The molecule has 1 amide bonds. The third kappa shape index (κ3) is 6.13. The Labute approximate surface area is 183 Å². The Morgan fingerprint density at radius 2 is 1.74 bits per heavy atom. The van der Waals surface area contributed by atoms with Crippen LogP contribution in [0.2, 0.25) is 0 Å². The van der Waals surface area contributed by atoms with Gasteiger partial charge in [-0.3, -0.25) is 14.6 Å². The molecule has 4 rings (SSSR count). The molecule has 3 heterocycles. The van der Waals surface area contributed by atoms with Crippen LogP contribution in [0, 0.1) is 6.92 Å². The lowest BCUT2D eigenvalue weighted by Gasteiger charge is -2.29. The molecule has 1 aromatic carbocycles. The highest BCUT2D eigenvalue weighted by atomic mass is 16.5. The van der Waals surface area contributed by atoms with Crippen molar-refractivity contribution in [3.05, 3.63) is 53.2 Å². The van der Waals surface area contributed by atoms with Crippen LogP contribution in [-0.4, -0.2) is 91.3 Å². The summed E-state index contributed by atoms with van der Waals surface area (Å²) >= 11 is 0. The molecule has 2 aromatic rings. The lowest BCUT2D eigenvalue weighted by Crippen LogP contribution is -2.41. The number of ether oxygens (including phenoxy) is 2. The maximum Gasteiger partial charge on any atom is 0.275 e. The molecule has 2 aliphatic heterocycles. The van der Waals surface area contributed by atoms with Crippen molar-refractivity contribution >= 4 is 5.91 Å². The van der Waals surface area contributed by atoms with Crippen molar-refractivity contribution in [2.45, 2.75) is 20.0 Å². The molecule has 0 atom stereocenters. The van der Waals surface area contributed by atoms with Gasteiger partial charge in [-0.25, -0.2) is 4.98 Å². The summed E-state index contributed by atoms with van der Waals surface area (Å²) in [6.07, 6.45) is 1.49. The molecule has 0 spiro atoms. The fraction of sp³-hybridized carbons (Fsp3) is 0.565. The van der Waals surface area contributed by atoms with Gasteiger partial charge in [-0.05, 0) is 18.1 Å². The van der Waals surface area contributed by atoms with Crippen molar-refractivity contribution in [2.24, 2.45) is 0 Å². The van der Waals surface area contributed by atoms with Gasteiger partial charge in [-0.2, -0.15) is 0 Å². The highest BCUT2D eigenvalue weighted by molar-refractivity contribution is 5.92. The summed E-state index contributed by atoms with van der Waals surface area (Å²) in [7, 11) is 0. The molecule has 0 unspecified atom stereocenters. The number of nitrogens with zero attached hydrogens (tertiary/aromatic N) is 4. The number of rotatable bonds is 8. The van der Waals surface area contributed by atoms with E-state index in [9.17, 15) is 4.79 Å². The third-order valence-corrected chi connectivity index (χ3v) is 5.92. The van der Waals surface area contributed by atoms with Gasteiger partial charge in [0, 0.05) is 45.8 Å². The normalized spacial score (nSPS) is 17.9. The zero-order valence-electron chi connectivity index (χ0n) is 18.3. The molecule has 8 heteroatoms. The standard InChI is InChI=1S/C23H32N4O4/c1-19-4-2-3-5-20(19)16-26(7-6-25-8-12-29-13-9-25)17-22-24-21(18-31-22)23(28)27-10-14-30-15-11-27/h2-5,18H,6-17H2,1H3. The lowest BCUT2D eigenvalue weighted by atomic mass is 10.1. The van der Waals surface area contributed by atoms with Gasteiger partial charge in [0.1, 0.15) is 6.26 Å². The van der Waals surface area contributed by atoms with Crippen molar-refractivity contribution in [1.29, 1.82) is 0 Å². The largest absolute Gasteiger partial charge is 0.447 e. The van der Waals surface area contributed by atoms with Crippen LogP contribution >= 0.6 is 0 Å². The van der Waals surface area contributed by atoms with Crippen LogP contribution in [0.1, 0.15) is 27.5 Å². The molecule has 31 heavy (non-hydrogen) atoms. The molecule has 0 radical (unpaired) electrons. The predicted molar refractivity (Wildman–Crippen MR) is 116 cm³/mol. The average molecular weight is 429 g/mol. The van der Waals surface area contributed by atoms with E-state index in [4.69, 9.17) is 13.9 Å². The lowest BCUT2D eigenvalue weighted by molar-refractivity contribution is 0.0299. The highest BCUT2D eigenvalue weighted by Gasteiger charge is 2.23. The molecule has 8 nitrogen and oxygen atoms in total. The molecule has 0 saturated carbocycles. The summed E-state index contributed by atoms with van der Waals surface area (Å²) in [6.45, 7) is 11.2. The van der Waals surface area contributed by atoms with Crippen LogP contribution < -0.4 is 0 Å². The van der Waals surface area contributed by atoms with E-state index in [2.05, 4.69) is 46.0 Å². The van der Waals surface area contributed by atoms with Gasteiger partial charge >= 0.3 is 0 Å². The Morgan fingerprint density at radius 3 is 2.48 bits per heavy atom. The molecule has 2 aliphatic rings. The Balaban J connectivity index is 1.41. The van der Waals surface area contributed by atoms with Crippen LogP contribution in [0.5, 0.6) is 0 Å². The van der Waals surface area contributed by atoms with Crippen molar-refractivity contribution < 1.29 is 18.7 Å². The number of benzene rings is 1. The van der Waals surface area contributed by atoms with Crippen LogP contribution in [0.3, 0.4) is 0 Å². The fourth-order valence-electron chi connectivity index (χ4n) is 3.95. The summed E-state index contributed by atoms with van der Waals surface area (Å²) in [4.78, 5) is 23.7. The molecule has 1 aromatic heterocycles. The second kappa shape index (κ2) is 10.9. The van der Waals surface area contributed by atoms with Gasteiger partial charge in [-0.15, -0.1) is 0 Å². The molecular formula is C23H32N4O4. The van der Waals surface area contributed by atoms with Gasteiger partial charge < -0.3 is 18.8 Å². The minimum Gasteiger partial charge on any atom is -0.447 e. The first kappa shape index (κ1) is 22.0. The minimum absolute atomic E-state index is 0.0860. The number of amides is 1. The maximum absolute atomic E-state index is 12.7. The maximum atomic E-state index is 12.7. The Bertz CT molecular complexity index is 844. The number of aromatic nitrogens is 1. The van der Waals surface area contributed by atoms with Gasteiger partial charge in [-0.1, -0.05) is 24.3 Å². The van der Waals surface area contributed by atoms with E-state index >= 15 is 0 Å². The summed E-state index contributed by atoms with van der Waals surface area (Å²) in [5.74, 6) is 0.490. The molecule has 2 saturated heterocycles. The fourth-order valence-corrected chi connectivity index (χ4v) is 3.95. The number of hydrogen-bond donors (Lipinski definition) is 0. The van der Waals surface area contributed by atoms with E-state index in [-0.39, 0.29) is 5.91 Å². The Kier molecular flexibility index (Phi) is 7.69. The first-order valence-corrected chi connectivity index (χ1v) is 11.1. The molecule has 2 fully saturated rings. The number of aryl methyl sites for hydroxylation is 1. The van der Waals surface area contributed by atoms with Crippen molar-refractivity contribution in [1.82, 2.24) is 19.7 Å². The third-order valence-electron chi connectivity index (χ3n) is 5.92. The SMILES string of the molecule is Cc1ccccc1CN(CCN1CCOCC1)Cc1nc(C(=O)N2CCOCC2)co1. The van der Waals surface area contributed by atoms with E-state index in [0.717, 1.165) is 45.9 Å². The quantitative estimate of drug-likeness (QED) is 0.635. The second-order valence-corrected chi connectivity index (χ2v) is 8.12. The zero-order valence-corrected chi connectivity index (χ0v) is 18.3. The second-order valence-electron chi connectivity index (χ2n) is 8.12. The van der Waals surface area contributed by atoms with E-state index in [1.165, 1.54) is 17.4 Å². The Hall–Kier alpha value is -2.26. The van der Waals surface area contributed by atoms with E-state index in [1.54, 1.807) is 4.90 Å². The topological polar surface area (TPSA) is 71.3 Å². The number of oxazole rings is 1. The van der Waals surface area contributed by atoms with Crippen molar-refractivity contribution in [2.75, 3.05) is 65.7 Å². The molecule has 0 aliphatic carbocycles. The van der Waals surface area contributed by atoms with E-state index in [1.807, 2.05) is 0 Å². The van der Waals surface area contributed by atoms with Crippen molar-refractivity contribution in [3.8, 4) is 0 Å². The van der Waals surface area contributed by atoms with E-state index < -0.39 is 0 Å². The van der Waals surface area contributed by atoms with Gasteiger partial charge in [0.05, 0.1) is 33.0 Å².